The van der Waals surface area contributed by atoms with E-state index in [1.165, 1.54) is 0 Å². The molecule has 0 radical (unpaired) electrons. The van der Waals surface area contributed by atoms with E-state index in [9.17, 15) is 10.2 Å². The van der Waals surface area contributed by atoms with Gasteiger partial charge in [-0.05, 0) is 49.9 Å². The molecule has 0 saturated carbocycles. The molecule has 1 aliphatic rings. The molecule has 0 amide bonds. The summed E-state index contributed by atoms with van der Waals surface area (Å²) in [5, 5.41) is 27.6. The van der Waals surface area contributed by atoms with E-state index in [1.54, 1.807) is 0 Å². The third-order valence-electron chi connectivity index (χ3n) is 3.52. The molecule has 0 bridgehead atoms. The first kappa shape index (κ1) is 15.1. The highest BCUT2D eigenvalue weighted by atomic mass is 16.5. The van der Waals surface area contributed by atoms with Crippen molar-refractivity contribution in [3.05, 3.63) is 23.3 Å². The standard InChI is InChI=1S/C15H22O5/c1-9-5-12(19-8-14(18)13(17)7-16)6-11-4-3-10(2)20-15(9)11/h5-6,10,13-14,16-18H,3-4,7-8H2,1-2H3/t10-,13-,14?/m0/s1. The molecule has 3 N–H and O–H groups in total. The van der Waals surface area contributed by atoms with Crippen LogP contribution in [0.15, 0.2) is 12.1 Å². The maximum atomic E-state index is 9.56. The largest absolute Gasteiger partial charge is 0.491 e. The van der Waals surface area contributed by atoms with E-state index in [1.807, 2.05) is 19.1 Å². The lowest BCUT2D eigenvalue weighted by Crippen LogP contribution is -2.34. The van der Waals surface area contributed by atoms with Crippen LogP contribution in [0, 0.1) is 6.92 Å². The maximum absolute atomic E-state index is 9.56. The highest BCUT2D eigenvalue weighted by molar-refractivity contribution is 5.47. The van der Waals surface area contributed by atoms with Gasteiger partial charge in [0.2, 0.25) is 0 Å². The van der Waals surface area contributed by atoms with Crippen molar-refractivity contribution >= 4 is 0 Å². The van der Waals surface area contributed by atoms with Crippen molar-refractivity contribution in [1.82, 2.24) is 0 Å². The molecule has 0 spiro atoms. The quantitative estimate of drug-likeness (QED) is 0.744. The van der Waals surface area contributed by atoms with Crippen LogP contribution in [0.25, 0.3) is 0 Å². The highest BCUT2D eigenvalue weighted by Crippen LogP contribution is 2.34. The topological polar surface area (TPSA) is 79.2 Å². The first-order chi connectivity index (χ1) is 9.51. The van der Waals surface area contributed by atoms with Gasteiger partial charge in [-0.2, -0.15) is 0 Å². The first-order valence-electron chi connectivity index (χ1n) is 6.91. The minimum Gasteiger partial charge on any atom is -0.491 e. The molecule has 1 aliphatic heterocycles. The van der Waals surface area contributed by atoms with Crippen LogP contribution < -0.4 is 9.47 Å². The summed E-state index contributed by atoms with van der Waals surface area (Å²) >= 11 is 0. The minimum absolute atomic E-state index is 0.0583. The van der Waals surface area contributed by atoms with Gasteiger partial charge in [0.15, 0.2) is 0 Å². The highest BCUT2D eigenvalue weighted by Gasteiger charge is 2.20. The zero-order valence-electron chi connectivity index (χ0n) is 11.9. The molecule has 0 aromatic heterocycles. The molecular weight excluding hydrogens is 260 g/mol. The van der Waals surface area contributed by atoms with Gasteiger partial charge in [-0.3, -0.25) is 0 Å². The average Bonchev–Trinajstić information content (AvgIpc) is 2.44. The van der Waals surface area contributed by atoms with Crippen molar-refractivity contribution in [3.63, 3.8) is 0 Å². The van der Waals surface area contributed by atoms with E-state index < -0.39 is 18.8 Å². The molecule has 0 fully saturated rings. The summed E-state index contributed by atoms with van der Waals surface area (Å²) in [6.07, 6.45) is -0.141. The zero-order valence-corrected chi connectivity index (χ0v) is 11.9. The van der Waals surface area contributed by atoms with Crippen LogP contribution in [0.4, 0.5) is 0 Å². The molecule has 1 aromatic carbocycles. The van der Waals surface area contributed by atoms with Gasteiger partial charge >= 0.3 is 0 Å². The van der Waals surface area contributed by atoms with Crippen LogP contribution in [-0.4, -0.2) is 46.8 Å². The normalized spacial score (nSPS) is 20.8. The van der Waals surface area contributed by atoms with Gasteiger partial charge < -0.3 is 24.8 Å². The van der Waals surface area contributed by atoms with E-state index >= 15 is 0 Å². The number of fused-ring (bicyclic) bond motifs is 1. The molecule has 1 aromatic rings. The average molecular weight is 282 g/mol. The van der Waals surface area contributed by atoms with Gasteiger partial charge in [0.05, 0.1) is 12.7 Å². The minimum atomic E-state index is -1.18. The number of ether oxygens (including phenoxy) is 2. The van der Waals surface area contributed by atoms with Crippen LogP contribution in [0.5, 0.6) is 11.5 Å². The number of aliphatic hydroxyl groups excluding tert-OH is 3. The molecule has 0 aliphatic carbocycles. The Morgan fingerprint density at radius 1 is 1.35 bits per heavy atom. The van der Waals surface area contributed by atoms with Gasteiger partial charge in [-0.1, -0.05) is 0 Å². The van der Waals surface area contributed by atoms with Crippen molar-refractivity contribution in [1.29, 1.82) is 0 Å². The van der Waals surface area contributed by atoms with Crippen molar-refractivity contribution < 1.29 is 24.8 Å². The molecule has 1 heterocycles. The second-order valence-electron chi connectivity index (χ2n) is 5.32. The molecule has 3 atom stereocenters. The maximum Gasteiger partial charge on any atom is 0.126 e. The molecule has 5 heteroatoms. The smallest absolute Gasteiger partial charge is 0.126 e. The Kier molecular flexibility index (Phi) is 4.86. The molecule has 2 rings (SSSR count). The van der Waals surface area contributed by atoms with Crippen LogP contribution in [0.3, 0.4) is 0 Å². The van der Waals surface area contributed by atoms with Gasteiger partial charge in [-0.15, -0.1) is 0 Å². The zero-order chi connectivity index (χ0) is 14.7. The lowest BCUT2D eigenvalue weighted by atomic mass is 10.00. The number of hydrogen-bond acceptors (Lipinski definition) is 5. The van der Waals surface area contributed by atoms with E-state index in [4.69, 9.17) is 14.6 Å². The third kappa shape index (κ3) is 3.42. The lowest BCUT2D eigenvalue weighted by Gasteiger charge is -2.25. The molecule has 20 heavy (non-hydrogen) atoms. The van der Waals surface area contributed by atoms with Crippen molar-refractivity contribution in [2.45, 2.75) is 45.0 Å². The SMILES string of the molecule is Cc1cc(OCC(O)[C@@H](O)CO)cc2c1O[C@@H](C)CC2. The number of aryl methyl sites for hydroxylation is 2. The predicted octanol–water partition coefficient (Wildman–Crippen LogP) is 0.801. The van der Waals surface area contributed by atoms with Crippen LogP contribution >= 0.6 is 0 Å². The fraction of sp³-hybridized carbons (Fsp3) is 0.600. The van der Waals surface area contributed by atoms with Gasteiger partial charge in [0, 0.05) is 0 Å². The van der Waals surface area contributed by atoms with E-state index in [0.717, 1.165) is 29.7 Å². The van der Waals surface area contributed by atoms with Crippen molar-refractivity contribution in [2.24, 2.45) is 0 Å². The Hall–Kier alpha value is -1.30. The summed E-state index contributed by atoms with van der Waals surface area (Å²) in [5.41, 5.74) is 2.11. The fourth-order valence-electron chi connectivity index (χ4n) is 2.28. The van der Waals surface area contributed by atoms with Gasteiger partial charge in [-0.25, -0.2) is 0 Å². The Morgan fingerprint density at radius 2 is 2.10 bits per heavy atom. The van der Waals surface area contributed by atoms with E-state index in [2.05, 4.69) is 6.92 Å². The third-order valence-corrected chi connectivity index (χ3v) is 3.52. The Morgan fingerprint density at radius 3 is 2.80 bits per heavy atom. The Balaban J connectivity index is 2.05. The second-order valence-corrected chi connectivity index (χ2v) is 5.32. The summed E-state index contributed by atoms with van der Waals surface area (Å²) < 4.78 is 11.3. The molecular formula is C15H22O5. The van der Waals surface area contributed by atoms with Crippen LogP contribution in [0.2, 0.25) is 0 Å². The fourth-order valence-corrected chi connectivity index (χ4v) is 2.28. The van der Waals surface area contributed by atoms with Gasteiger partial charge in [0.1, 0.15) is 30.3 Å². The van der Waals surface area contributed by atoms with Crippen LogP contribution in [-0.2, 0) is 6.42 Å². The Bertz CT molecular complexity index is 460. The van der Waals surface area contributed by atoms with E-state index in [-0.39, 0.29) is 12.7 Å². The van der Waals surface area contributed by atoms with E-state index in [0.29, 0.717) is 5.75 Å². The second kappa shape index (κ2) is 6.43. The summed E-state index contributed by atoms with van der Waals surface area (Å²) in [4.78, 5) is 0. The molecule has 5 nitrogen and oxygen atoms in total. The number of benzene rings is 1. The van der Waals surface area contributed by atoms with Crippen molar-refractivity contribution in [3.8, 4) is 11.5 Å². The van der Waals surface area contributed by atoms with Crippen LogP contribution in [0.1, 0.15) is 24.5 Å². The predicted molar refractivity (Wildman–Crippen MR) is 74.2 cm³/mol. The summed E-state index contributed by atoms with van der Waals surface area (Å²) in [6, 6.07) is 3.77. The Labute approximate surface area is 118 Å². The van der Waals surface area contributed by atoms with Crippen molar-refractivity contribution in [2.75, 3.05) is 13.2 Å². The monoisotopic (exact) mass is 282 g/mol. The lowest BCUT2D eigenvalue weighted by molar-refractivity contribution is -0.0339. The summed E-state index contributed by atoms with van der Waals surface area (Å²) in [6.45, 7) is 3.47. The number of rotatable bonds is 5. The molecule has 1 unspecified atom stereocenters. The number of hydrogen-bond donors (Lipinski definition) is 3. The van der Waals surface area contributed by atoms with Gasteiger partial charge in [0.25, 0.3) is 0 Å². The summed E-state index contributed by atoms with van der Waals surface area (Å²) in [5.74, 6) is 1.57. The number of aliphatic hydroxyl groups is 3. The molecule has 0 saturated heterocycles. The first-order valence-corrected chi connectivity index (χ1v) is 6.91. The summed E-state index contributed by atoms with van der Waals surface area (Å²) in [7, 11) is 0. The molecule has 112 valence electrons.